The lowest BCUT2D eigenvalue weighted by molar-refractivity contribution is -0.118. The first-order valence-corrected chi connectivity index (χ1v) is 10.2. The van der Waals surface area contributed by atoms with Crippen molar-refractivity contribution in [2.24, 2.45) is 5.92 Å². The smallest absolute Gasteiger partial charge is 0.230 e. The van der Waals surface area contributed by atoms with E-state index in [1.165, 1.54) is 34.0 Å². The topological polar surface area (TPSA) is 68.0 Å². The van der Waals surface area contributed by atoms with Crippen LogP contribution in [-0.2, 0) is 24.2 Å². The summed E-state index contributed by atoms with van der Waals surface area (Å²) in [5.74, 6) is 1.81. The minimum Gasteiger partial charge on any atom is -0.467 e. The fourth-order valence-corrected chi connectivity index (χ4v) is 5.41. The van der Waals surface area contributed by atoms with Crippen LogP contribution in [0.1, 0.15) is 29.5 Å². The molecule has 0 fully saturated rings. The fourth-order valence-electron chi connectivity index (χ4n) is 3.14. The Hall–Kier alpha value is -1.86. The van der Waals surface area contributed by atoms with Crippen LogP contribution >= 0.6 is 23.1 Å². The number of rotatable bonds is 5. The lowest BCUT2D eigenvalue weighted by Crippen LogP contribution is -2.24. The zero-order valence-electron chi connectivity index (χ0n) is 13.9. The second kappa shape index (κ2) is 7.17. The number of amides is 1. The first-order chi connectivity index (χ1) is 12.2. The number of fused-ring (bicyclic) bond motifs is 3. The van der Waals surface area contributed by atoms with Crippen molar-refractivity contribution in [3.8, 4) is 0 Å². The average molecular weight is 374 g/mol. The molecule has 4 rings (SSSR count). The fraction of sp³-hybridized carbons (Fsp3) is 0.389. The van der Waals surface area contributed by atoms with Crippen LogP contribution in [0.15, 0.2) is 34.2 Å². The van der Waals surface area contributed by atoms with Crippen LogP contribution in [0.4, 0.5) is 0 Å². The van der Waals surface area contributed by atoms with E-state index in [9.17, 15) is 4.79 Å². The minimum atomic E-state index is -0.0223. The number of carbonyl (C=O) groups excluding carboxylic acids is 1. The highest BCUT2D eigenvalue weighted by Crippen LogP contribution is 2.40. The van der Waals surface area contributed by atoms with Crippen LogP contribution in [-0.4, -0.2) is 21.6 Å². The maximum Gasteiger partial charge on any atom is 0.230 e. The van der Waals surface area contributed by atoms with Crippen LogP contribution in [0.25, 0.3) is 10.2 Å². The molecule has 7 heteroatoms. The van der Waals surface area contributed by atoms with Gasteiger partial charge in [-0.25, -0.2) is 9.97 Å². The van der Waals surface area contributed by atoms with Crippen LogP contribution in [0.2, 0.25) is 0 Å². The van der Waals surface area contributed by atoms with Gasteiger partial charge in [0.25, 0.3) is 0 Å². The van der Waals surface area contributed by atoms with E-state index < -0.39 is 0 Å². The molecule has 1 atom stereocenters. The Morgan fingerprint density at radius 1 is 1.48 bits per heavy atom. The number of nitrogens with one attached hydrogen (secondary N) is 1. The minimum absolute atomic E-state index is 0.0223. The van der Waals surface area contributed by atoms with Crippen molar-refractivity contribution in [2.75, 3.05) is 5.75 Å². The zero-order valence-corrected chi connectivity index (χ0v) is 15.6. The maximum absolute atomic E-state index is 12.1. The third-order valence-electron chi connectivity index (χ3n) is 4.44. The highest BCUT2D eigenvalue weighted by Gasteiger charge is 2.23. The molecule has 1 unspecified atom stereocenters. The summed E-state index contributed by atoms with van der Waals surface area (Å²) in [5, 5.41) is 4.96. The van der Waals surface area contributed by atoms with E-state index in [-0.39, 0.29) is 5.91 Å². The molecule has 0 aromatic carbocycles. The first kappa shape index (κ1) is 16.6. The third kappa shape index (κ3) is 3.57. The van der Waals surface area contributed by atoms with Crippen molar-refractivity contribution in [1.82, 2.24) is 15.3 Å². The normalized spacial score (nSPS) is 16.8. The quantitative estimate of drug-likeness (QED) is 0.544. The molecule has 25 heavy (non-hydrogen) atoms. The summed E-state index contributed by atoms with van der Waals surface area (Å²) in [7, 11) is 0. The number of hydrogen-bond acceptors (Lipinski definition) is 6. The Morgan fingerprint density at radius 3 is 3.24 bits per heavy atom. The molecule has 0 saturated carbocycles. The van der Waals surface area contributed by atoms with Gasteiger partial charge < -0.3 is 9.73 Å². The van der Waals surface area contributed by atoms with Gasteiger partial charge in [-0.1, -0.05) is 18.7 Å². The summed E-state index contributed by atoms with van der Waals surface area (Å²) in [6, 6.07) is 3.66. The molecule has 0 saturated heterocycles. The van der Waals surface area contributed by atoms with Crippen molar-refractivity contribution in [3.63, 3.8) is 0 Å². The van der Waals surface area contributed by atoms with Gasteiger partial charge in [0.15, 0.2) is 0 Å². The number of carbonyl (C=O) groups is 1. The molecule has 3 heterocycles. The van der Waals surface area contributed by atoms with Crippen LogP contribution in [0.5, 0.6) is 0 Å². The molecular formula is C18H19N3O2S2. The molecular weight excluding hydrogens is 354 g/mol. The maximum atomic E-state index is 12.1. The molecule has 0 bridgehead atoms. The van der Waals surface area contributed by atoms with E-state index in [0.717, 1.165) is 34.4 Å². The zero-order chi connectivity index (χ0) is 17.2. The number of hydrogen-bond donors (Lipinski definition) is 1. The van der Waals surface area contributed by atoms with E-state index in [1.807, 2.05) is 12.1 Å². The standard InChI is InChI=1S/C18H19N3O2S2/c1-11-4-5-13-14(7-11)25-18-16(13)17(20-10-21-18)24-9-15(22)19-8-12-3-2-6-23-12/h2-3,6,10-11H,4-5,7-9H2,1H3,(H,19,22). The molecule has 3 aromatic rings. The number of furan rings is 1. The Morgan fingerprint density at radius 2 is 2.40 bits per heavy atom. The van der Waals surface area contributed by atoms with E-state index in [0.29, 0.717) is 12.3 Å². The van der Waals surface area contributed by atoms with Gasteiger partial charge in [-0.3, -0.25) is 4.79 Å². The van der Waals surface area contributed by atoms with Gasteiger partial charge in [0.1, 0.15) is 21.9 Å². The van der Waals surface area contributed by atoms with Crippen LogP contribution < -0.4 is 5.32 Å². The first-order valence-electron chi connectivity index (χ1n) is 8.38. The molecule has 3 aromatic heterocycles. The lowest BCUT2D eigenvalue weighted by atomic mass is 9.89. The molecule has 0 aliphatic heterocycles. The molecule has 130 valence electrons. The van der Waals surface area contributed by atoms with Gasteiger partial charge in [-0.05, 0) is 42.9 Å². The van der Waals surface area contributed by atoms with Crippen LogP contribution in [0.3, 0.4) is 0 Å². The van der Waals surface area contributed by atoms with Gasteiger partial charge in [-0.15, -0.1) is 11.3 Å². The largest absolute Gasteiger partial charge is 0.467 e. The predicted molar refractivity (Wildman–Crippen MR) is 99.9 cm³/mol. The lowest BCUT2D eigenvalue weighted by Gasteiger charge is -2.18. The molecule has 1 aliphatic carbocycles. The second-order valence-electron chi connectivity index (χ2n) is 6.36. The molecule has 5 nitrogen and oxygen atoms in total. The van der Waals surface area contributed by atoms with Crippen molar-refractivity contribution >= 4 is 39.2 Å². The summed E-state index contributed by atoms with van der Waals surface area (Å²) >= 11 is 3.27. The Balaban J connectivity index is 1.47. The number of thiophene rings is 1. The Kier molecular flexibility index (Phi) is 4.76. The van der Waals surface area contributed by atoms with E-state index in [1.54, 1.807) is 23.9 Å². The van der Waals surface area contributed by atoms with Crippen LogP contribution in [0, 0.1) is 5.92 Å². The Labute approximate surface area is 154 Å². The number of aryl methyl sites for hydroxylation is 1. The van der Waals surface area contributed by atoms with Crippen molar-refractivity contribution in [2.45, 2.75) is 37.8 Å². The Bertz CT molecular complexity index is 889. The predicted octanol–water partition coefficient (Wildman–Crippen LogP) is 3.82. The van der Waals surface area contributed by atoms with E-state index in [2.05, 4.69) is 22.2 Å². The van der Waals surface area contributed by atoms with Crippen molar-refractivity contribution in [3.05, 3.63) is 40.9 Å². The molecule has 1 N–H and O–H groups in total. The summed E-state index contributed by atoms with van der Waals surface area (Å²) < 4.78 is 5.22. The summed E-state index contributed by atoms with van der Waals surface area (Å²) in [6.07, 6.45) is 6.64. The molecule has 1 aliphatic rings. The summed E-state index contributed by atoms with van der Waals surface area (Å²) in [5.41, 5.74) is 1.40. The monoisotopic (exact) mass is 373 g/mol. The second-order valence-corrected chi connectivity index (χ2v) is 8.40. The van der Waals surface area contributed by atoms with E-state index in [4.69, 9.17) is 4.42 Å². The van der Waals surface area contributed by atoms with Gasteiger partial charge in [0.2, 0.25) is 5.91 Å². The number of nitrogens with zero attached hydrogens (tertiary/aromatic N) is 2. The van der Waals surface area contributed by atoms with Crippen molar-refractivity contribution < 1.29 is 9.21 Å². The number of aromatic nitrogens is 2. The molecule has 0 radical (unpaired) electrons. The highest BCUT2D eigenvalue weighted by molar-refractivity contribution is 8.00. The van der Waals surface area contributed by atoms with Gasteiger partial charge in [-0.2, -0.15) is 0 Å². The molecule has 1 amide bonds. The number of thioether (sulfide) groups is 1. The van der Waals surface area contributed by atoms with Gasteiger partial charge in [0.05, 0.1) is 18.6 Å². The molecule has 0 spiro atoms. The SMILES string of the molecule is CC1CCc2c(sc3ncnc(SCC(=O)NCc4ccco4)c23)C1. The van der Waals surface area contributed by atoms with Gasteiger partial charge in [0, 0.05) is 10.3 Å². The van der Waals surface area contributed by atoms with E-state index >= 15 is 0 Å². The van der Waals surface area contributed by atoms with Crippen molar-refractivity contribution in [1.29, 1.82) is 0 Å². The average Bonchev–Trinajstić information content (AvgIpc) is 3.24. The summed E-state index contributed by atoms with van der Waals surface area (Å²) in [6.45, 7) is 2.72. The third-order valence-corrected chi connectivity index (χ3v) is 6.59. The highest BCUT2D eigenvalue weighted by atomic mass is 32.2. The van der Waals surface area contributed by atoms with Gasteiger partial charge >= 0.3 is 0 Å². The summed E-state index contributed by atoms with van der Waals surface area (Å²) in [4.78, 5) is 23.5.